The monoisotopic (exact) mass is 313 g/mol. The van der Waals surface area contributed by atoms with Crippen molar-refractivity contribution in [1.29, 1.82) is 0 Å². The predicted octanol–water partition coefficient (Wildman–Crippen LogP) is 0.827. The van der Waals surface area contributed by atoms with Crippen LogP contribution in [0.4, 0.5) is 0 Å². The molecule has 116 valence electrons. The molecular formula is C13H19N3O4S. The molecular weight excluding hydrogens is 294 g/mol. The zero-order valence-electron chi connectivity index (χ0n) is 12.1. The van der Waals surface area contributed by atoms with Crippen molar-refractivity contribution in [2.45, 2.75) is 32.4 Å². The Morgan fingerprint density at radius 3 is 2.57 bits per heavy atom. The number of amides is 1. The lowest BCUT2D eigenvalue weighted by molar-refractivity contribution is -0.140. The number of carboxylic acids is 1. The molecule has 1 amide bonds. The molecule has 0 spiro atoms. The van der Waals surface area contributed by atoms with Crippen LogP contribution in [0.5, 0.6) is 0 Å². The molecule has 8 heteroatoms. The third-order valence-electron chi connectivity index (χ3n) is 2.62. The summed E-state index contributed by atoms with van der Waals surface area (Å²) in [6.07, 6.45) is 4.40. The van der Waals surface area contributed by atoms with Gasteiger partial charge in [-0.05, 0) is 32.9 Å². The fourth-order valence-electron chi connectivity index (χ4n) is 1.31. The molecule has 0 aliphatic carbocycles. The molecule has 0 aromatic heterocycles. The van der Waals surface area contributed by atoms with Gasteiger partial charge in [-0.25, -0.2) is 9.79 Å². The Kier molecular flexibility index (Phi) is 5.56. The Morgan fingerprint density at radius 1 is 1.48 bits per heavy atom. The number of aliphatic imine (C=N–C) groups is 1. The number of nitrogens with zero attached hydrogens (tertiary/aromatic N) is 2. The minimum absolute atomic E-state index is 0.0186. The fourth-order valence-corrected chi connectivity index (χ4v) is 1.56. The number of carbonyl (C=O) groups is 2. The van der Waals surface area contributed by atoms with Crippen LogP contribution in [0.25, 0.3) is 0 Å². The number of thiol groups is 1. The van der Waals surface area contributed by atoms with E-state index in [9.17, 15) is 14.8 Å². The highest BCUT2D eigenvalue weighted by atomic mass is 32.1. The summed E-state index contributed by atoms with van der Waals surface area (Å²) in [4.78, 5) is 26.7. The molecule has 7 nitrogen and oxygen atoms in total. The number of carboxylic acid groups (broad SMARTS) is 1. The van der Waals surface area contributed by atoms with Gasteiger partial charge in [-0.2, -0.15) is 12.6 Å². The van der Waals surface area contributed by atoms with E-state index < -0.39 is 23.5 Å². The molecule has 1 atom stereocenters. The summed E-state index contributed by atoms with van der Waals surface area (Å²) in [5.74, 6) is -1.78. The SMILES string of the molecule is CC(C)(C)N(O)C=C1C=CC(C(=O)NC(CS)C(=O)O)=N1. The van der Waals surface area contributed by atoms with Crippen molar-refractivity contribution in [2.24, 2.45) is 4.99 Å². The first-order valence-corrected chi connectivity index (χ1v) is 6.89. The molecule has 0 bridgehead atoms. The summed E-state index contributed by atoms with van der Waals surface area (Å²) in [7, 11) is 0. The van der Waals surface area contributed by atoms with Gasteiger partial charge in [0, 0.05) is 5.75 Å². The largest absolute Gasteiger partial charge is 0.480 e. The maximum absolute atomic E-state index is 11.9. The summed E-state index contributed by atoms with van der Waals surface area (Å²) < 4.78 is 0. The van der Waals surface area contributed by atoms with E-state index in [-0.39, 0.29) is 11.5 Å². The van der Waals surface area contributed by atoms with Crippen LogP contribution >= 0.6 is 12.6 Å². The van der Waals surface area contributed by atoms with E-state index in [0.29, 0.717) is 5.70 Å². The maximum atomic E-state index is 11.9. The molecule has 0 fully saturated rings. The summed E-state index contributed by atoms with van der Waals surface area (Å²) in [6, 6.07) is -1.08. The van der Waals surface area contributed by atoms with Crippen molar-refractivity contribution in [2.75, 3.05) is 5.75 Å². The minimum atomic E-state index is -1.16. The van der Waals surface area contributed by atoms with E-state index in [0.717, 1.165) is 5.06 Å². The summed E-state index contributed by atoms with van der Waals surface area (Å²) >= 11 is 3.86. The molecule has 0 radical (unpaired) electrons. The molecule has 0 saturated carbocycles. The molecule has 1 heterocycles. The highest BCUT2D eigenvalue weighted by molar-refractivity contribution is 7.80. The Bertz CT molecular complexity index is 520. The molecule has 0 aromatic rings. The second kappa shape index (κ2) is 6.77. The van der Waals surface area contributed by atoms with E-state index in [2.05, 4.69) is 22.9 Å². The zero-order valence-corrected chi connectivity index (χ0v) is 13.0. The molecule has 1 aliphatic heterocycles. The van der Waals surface area contributed by atoms with E-state index >= 15 is 0 Å². The minimum Gasteiger partial charge on any atom is -0.480 e. The first-order chi connectivity index (χ1) is 9.65. The van der Waals surface area contributed by atoms with E-state index in [1.54, 1.807) is 6.08 Å². The van der Waals surface area contributed by atoms with Crippen molar-refractivity contribution in [3.05, 3.63) is 24.0 Å². The fraction of sp³-hybridized carbons (Fsp3) is 0.462. The van der Waals surface area contributed by atoms with Crippen molar-refractivity contribution < 1.29 is 19.9 Å². The smallest absolute Gasteiger partial charge is 0.327 e. The number of nitrogens with one attached hydrogen (secondary N) is 1. The Morgan fingerprint density at radius 2 is 2.10 bits per heavy atom. The lowest BCUT2D eigenvalue weighted by Gasteiger charge is -2.28. The lowest BCUT2D eigenvalue weighted by Crippen LogP contribution is -2.44. The Balaban J connectivity index is 2.77. The topological polar surface area (TPSA) is 102 Å². The first-order valence-electron chi connectivity index (χ1n) is 6.26. The van der Waals surface area contributed by atoms with E-state index in [4.69, 9.17) is 5.11 Å². The van der Waals surface area contributed by atoms with Crippen LogP contribution < -0.4 is 5.32 Å². The van der Waals surface area contributed by atoms with Gasteiger partial charge in [0.15, 0.2) is 0 Å². The second-order valence-corrected chi connectivity index (χ2v) is 5.81. The average molecular weight is 313 g/mol. The second-order valence-electron chi connectivity index (χ2n) is 5.45. The molecule has 21 heavy (non-hydrogen) atoms. The van der Waals surface area contributed by atoms with Crippen LogP contribution in [-0.4, -0.2) is 50.3 Å². The Labute approximate surface area is 128 Å². The quantitative estimate of drug-likeness (QED) is 0.445. The van der Waals surface area contributed by atoms with Gasteiger partial charge in [0.2, 0.25) is 0 Å². The van der Waals surface area contributed by atoms with Gasteiger partial charge in [0.25, 0.3) is 5.91 Å². The van der Waals surface area contributed by atoms with Crippen LogP contribution in [-0.2, 0) is 9.59 Å². The van der Waals surface area contributed by atoms with Crippen LogP contribution in [0.15, 0.2) is 29.0 Å². The van der Waals surface area contributed by atoms with Crippen molar-refractivity contribution in [1.82, 2.24) is 10.4 Å². The number of rotatable bonds is 5. The van der Waals surface area contributed by atoms with Gasteiger partial charge in [0.05, 0.1) is 17.4 Å². The molecule has 0 saturated heterocycles. The standard InChI is InChI=1S/C13H19N3O4S/c1-13(2,3)16(20)6-8-4-5-9(14-8)11(17)15-10(7-21)12(18)19/h4-6,10,20-21H,7H2,1-3H3,(H,15,17)(H,18,19). The van der Waals surface area contributed by atoms with Crippen LogP contribution in [0.2, 0.25) is 0 Å². The Hall–Kier alpha value is -1.80. The third kappa shape index (κ3) is 4.91. The number of hydroxylamine groups is 2. The number of hydrogen-bond donors (Lipinski definition) is 4. The van der Waals surface area contributed by atoms with Gasteiger partial charge >= 0.3 is 5.97 Å². The van der Waals surface area contributed by atoms with Crippen LogP contribution in [0, 0.1) is 0 Å². The third-order valence-corrected chi connectivity index (χ3v) is 2.99. The zero-order chi connectivity index (χ0) is 16.2. The van der Waals surface area contributed by atoms with Gasteiger partial charge in [-0.1, -0.05) is 0 Å². The summed E-state index contributed by atoms with van der Waals surface area (Å²) in [6.45, 7) is 5.43. The van der Waals surface area contributed by atoms with E-state index in [1.807, 2.05) is 20.8 Å². The van der Waals surface area contributed by atoms with Crippen LogP contribution in [0.3, 0.4) is 0 Å². The lowest BCUT2D eigenvalue weighted by atomic mass is 10.1. The number of hydrogen-bond acceptors (Lipinski definition) is 6. The van der Waals surface area contributed by atoms with Gasteiger partial charge < -0.3 is 10.4 Å². The normalized spacial score (nSPS) is 17.6. The van der Waals surface area contributed by atoms with Crippen molar-refractivity contribution in [3.63, 3.8) is 0 Å². The number of allylic oxidation sites excluding steroid dienone is 1. The summed E-state index contributed by atoms with van der Waals surface area (Å²) in [5.41, 5.74) is -0.0196. The van der Waals surface area contributed by atoms with Crippen LogP contribution in [0.1, 0.15) is 20.8 Å². The highest BCUT2D eigenvalue weighted by Gasteiger charge is 2.22. The molecule has 1 aliphatic rings. The van der Waals surface area contributed by atoms with Crippen molar-refractivity contribution in [3.8, 4) is 0 Å². The highest BCUT2D eigenvalue weighted by Crippen LogP contribution is 2.16. The molecule has 3 N–H and O–H groups in total. The molecule has 1 unspecified atom stereocenters. The van der Waals surface area contributed by atoms with Gasteiger partial charge in [-0.3, -0.25) is 15.1 Å². The summed E-state index contributed by atoms with van der Waals surface area (Å²) in [5, 5.41) is 21.9. The number of carbonyl (C=O) groups excluding carboxylic acids is 1. The predicted molar refractivity (Wildman–Crippen MR) is 81.5 cm³/mol. The molecule has 0 aromatic carbocycles. The first kappa shape index (κ1) is 17.3. The number of aliphatic carboxylic acids is 1. The maximum Gasteiger partial charge on any atom is 0.327 e. The van der Waals surface area contributed by atoms with Gasteiger partial charge in [-0.15, -0.1) is 0 Å². The van der Waals surface area contributed by atoms with Crippen molar-refractivity contribution >= 4 is 30.2 Å². The van der Waals surface area contributed by atoms with E-state index in [1.165, 1.54) is 12.3 Å². The van der Waals surface area contributed by atoms with Gasteiger partial charge in [0.1, 0.15) is 11.8 Å². The average Bonchev–Trinajstić information content (AvgIpc) is 2.82. The molecule has 1 rings (SSSR count).